The van der Waals surface area contributed by atoms with Crippen molar-refractivity contribution in [3.05, 3.63) is 0 Å². The number of hydrogen-bond acceptors (Lipinski definition) is 3. The third-order valence-corrected chi connectivity index (χ3v) is 3.62. The molecular formula is C16H36N4O. The van der Waals surface area contributed by atoms with Crippen LogP contribution in [0.1, 0.15) is 47.0 Å². The predicted octanol–water partition coefficient (Wildman–Crippen LogP) is 2.09. The van der Waals surface area contributed by atoms with Crippen LogP contribution in [0.4, 0.5) is 0 Å². The summed E-state index contributed by atoms with van der Waals surface area (Å²) < 4.78 is 5.33. The van der Waals surface area contributed by atoms with Crippen molar-refractivity contribution in [2.24, 2.45) is 4.99 Å². The maximum Gasteiger partial charge on any atom is 0.191 e. The average Bonchev–Trinajstić information content (AvgIpc) is 2.49. The lowest BCUT2D eigenvalue weighted by atomic mass is 10.2. The monoisotopic (exact) mass is 300 g/mol. The van der Waals surface area contributed by atoms with Gasteiger partial charge in [0, 0.05) is 45.4 Å². The molecule has 0 aromatic heterocycles. The third kappa shape index (κ3) is 11.5. The molecule has 0 bridgehead atoms. The Morgan fingerprint density at radius 1 is 1.19 bits per heavy atom. The molecule has 0 aromatic rings. The van der Waals surface area contributed by atoms with Crippen molar-refractivity contribution in [2.45, 2.75) is 53.0 Å². The van der Waals surface area contributed by atoms with Crippen LogP contribution in [0.2, 0.25) is 0 Å². The first-order valence-electron chi connectivity index (χ1n) is 8.45. The molecule has 0 heterocycles. The molecule has 0 spiro atoms. The lowest BCUT2D eigenvalue weighted by molar-refractivity contribution is 0.144. The maximum atomic E-state index is 5.33. The van der Waals surface area contributed by atoms with Crippen molar-refractivity contribution in [3.63, 3.8) is 0 Å². The summed E-state index contributed by atoms with van der Waals surface area (Å²) in [6.07, 6.45) is 3.33. The van der Waals surface area contributed by atoms with Gasteiger partial charge in [0.05, 0.1) is 0 Å². The average molecular weight is 300 g/mol. The van der Waals surface area contributed by atoms with E-state index in [0.717, 1.165) is 58.2 Å². The number of unbranched alkanes of at least 4 members (excludes halogenated alkanes) is 1. The Morgan fingerprint density at radius 3 is 2.57 bits per heavy atom. The fourth-order valence-corrected chi connectivity index (χ4v) is 1.88. The van der Waals surface area contributed by atoms with Gasteiger partial charge in [0.2, 0.25) is 0 Å². The Kier molecular flexibility index (Phi) is 13.6. The van der Waals surface area contributed by atoms with Crippen LogP contribution >= 0.6 is 0 Å². The lowest BCUT2D eigenvalue weighted by Crippen LogP contribution is -2.42. The summed E-state index contributed by atoms with van der Waals surface area (Å²) in [6.45, 7) is 14.0. The van der Waals surface area contributed by atoms with Crippen molar-refractivity contribution in [2.75, 3.05) is 46.4 Å². The quantitative estimate of drug-likeness (QED) is 0.329. The van der Waals surface area contributed by atoms with Crippen LogP contribution in [0.3, 0.4) is 0 Å². The van der Waals surface area contributed by atoms with Gasteiger partial charge in [-0.15, -0.1) is 0 Å². The van der Waals surface area contributed by atoms with E-state index in [2.05, 4.69) is 48.3 Å². The second-order valence-electron chi connectivity index (χ2n) is 5.33. The number of ether oxygens (including phenoxy) is 1. The lowest BCUT2D eigenvalue weighted by Gasteiger charge is -2.24. The number of rotatable bonds is 12. The zero-order valence-corrected chi connectivity index (χ0v) is 14.7. The third-order valence-electron chi connectivity index (χ3n) is 3.62. The van der Waals surface area contributed by atoms with Crippen molar-refractivity contribution in [3.8, 4) is 0 Å². The summed E-state index contributed by atoms with van der Waals surface area (Å²) in [4.78, 5) is 6.97. The largest absolute Gasteiger partial charge is 0.382 e. The number of nitrogens with zero attached hydrogens (tertiary/aromatic N) is 2. The Labute approximate surface area is 131 Å². The second-order valence-corrected chi connectivity index (χ2v) is 5.33. The molecule has 0 aliphatic carbocycles. The van der Waals surface area contributed by atoms with Gasteiger partial charge in [-0.25, -0.2) is 0 Å². The molecule has 0 aromatic carbocycles. The highest BCUT2D eigenvalue weighted by Crippen LogP contribution is 1.98. The molecule has 1 unspecified atom stereocenters. The minimum absolute atomic E-state index is 0.630. The summed E-state index contributed by atoms with van der Waals surface area (Å²) in [5.74, 6) is 0.923. The van der Waals surface area contributed by atoms with Gasteiger partial charge in [-0.2, -0.15) is 0 Å². The number of nitrogens with one attached hydrogen (secondary N) is 2. The highest BCUT2D eigenvalue weighted by atomic mass is 16.5. The Balaban J connectivity index is 3.89. The van der Waals surface area contributed by atoms with Gasteiger partial charge in [0.1, 0.15) is 0 Å². The van der Waals surface area contributed by atoms with E-state index >= 15 is 0 Å². The molecule has 0 aliphatic heterocycles. The normalized spacial score (nSPS) is 13.5. The number of hydrogen-bond donors (Lipinski definition) is 2. The van der Waals surface area contributed by atoms with Crippen LogP contribution in [0.15, 0.2) is 4.99 Å². The fraction of sp³-hybridized carbons (Fsp3) is 0.938. The van der Waals surface area contributed by atoms with E-state index in [4.69, 9.17) is 4.74 Å². The van der Waals surface area contributed by atoms with Crippen LogP contribution in [-0.4, -0.2) is 63.3 Å². The van der Waals surface area contributed by atoms with E-state index in [0.29, 0.717) is 6.04 Å². The van der Waals surface area contributed by atoms with Gasteiger partial charge in [-0.05, 0) is 47.1 Å². The van der Waals surface area contributed by atoms with Crippen molar-refractivity contribution in [1.29, 1.82) is 0 Å². The number of guanidine groups is 1. The summed E-state index contributed by atoms with van der Waals surface area (Å²) in [5.41, 5.74) is 0. The zero-order valence-electron chi connectivity index (χ0n) is 14.7. The Bertz CT molecular complexity index is 259. The molecular weight excluding hydrogens is 264 g/mol. The zero-order chi connectivity index (χ0) is 15.9. The van der Waals surface area contributed by atoms with E-state index in [1.807, 2.05) is 6.92 Å². The molecule has 0 fully saturated rings. The Morgan fingerprint density at radius 2 is 1.95 bits per heavy atom. The summed E-state index contributed by atoms with van der Waals surface area (Å²) in [5, 5.41) is 6.69. The van der Waals surface area contributed by atoms with Crippen molar-refractivity contribution < 1.29 is 4.74 Å². The molecule has 126 valence electrons. The fourth-order valence-electron chi connectivity index (χ4n) is 1.88. The van der Waals surface area contributed by atoms with Crippen molar-refractivity contribution >= 4 is 5.96 Å². The molecule has 5 heteroatoms. The SMILES string of the molecule is CCNC(=NCCCCOCC)NCCN(C)C(C)CC. The summed E-state index contributed by atoms with van der Waals surface area (Å²) in [7, 11) is 2.17. The van der Waals surface area contributed by atoms with E-state index in [1.165, 1.54) is 6.42 Å². The smallest absolute Gasteiger partial charge is 0.191 e. The second kappa shape index (κ2) is 14.1. The molecule has 1 atom stereocenters. The van der Waals surface area contributed by atoms with Gasteiger partial charge in [0.15, 0.2) is 5.96 Å². The standard InChI is InChI=1S/C16H36N4O/c1-6-15(4)20(5)13-12-19-16(17-7-2)18-11-9-10-14-21-8-3/h15H,6-14H2,1-5H3,(H2,17,18,19). The van der Waals surface area contributed by atoms with Gasteiger partial charge in [-0.3, -0.25) is 4.99 Å². The molecule has 21 heavy (non-hydrogen) atoms. The molecule has 2 N–H and O–H groups in total. The first kappa shape index (κ1) is 20.2. The molecule has 0 rings (SSSR count). The molecule has 0 saturated carbocycles. The topological polar surface area (TPSA) is 48.9 Å². The van der Waals surface area contributed by atoms with Gasteiger partial charge in [0.25, 0.3) is 0 Å². The molecule has 0 amide bonds. The minimum atomic E-state index is 0.630. The number of likely N-dealkylation sites (N-methyl/N-ethyl adjacent to an activating group) is 1. The Hall–Kier alpha value is -0.810. The van der Waals surface area contributed by atoms with E-state index < -0.39 is 0 Å². The summed E-state index contributed by atoms with van der Waals surface area (Å²) in [6, 6.07) is 0.630. The van der Waals surface area contributed by atoms with Crippen LogP contribution < -0.4 is 10.6 Å². The molecule has 0 radical (unpaired) electrons. The molecule has 0 saturated heterocycles. The first-order valence-corrected chi connectivity index (χ1v) is 8.45. The van der Waals surface area contributed by atoms with Crippen molar-refractivity contribution in [1.82, 2.24) is 15.5 Å². The molecule has 5 nitrogen and oxygen atoms in total. The predicted molar refractivity (Wildman–Crippen MR) is 92.1 cm³/mol. The van der Waals surface area contributed by atoms with E-state index in [9.17, 15) is 0 Å². The van der Waals surface area contributed by atoms with Crippen LogP contribution in [-0.2, 0) is 4.74 Å². The van der Waals surface area contributed by atoms with Gasteiger partial charge >= 0.3 is 0 Å². The highest BCUT2D eigenvalue weighted by molar-refractivity contribution is 5.79. The van der Waals surface area contributed by atoms with Crippen LogP contribution in [0.25, 0.3) is 0 Å². The first-order chi connectivity index (χ1) is 10.2. The summed E-state index contributed by atoms with van der Waals surface area (Å²) >= 11 is 0. The van der Waals surface area contributed by atoms with Crippen LogP contribution in [0, 0.1) is 0 Å². The molecule has 0 aliphatic rings. The van der Waals surface area contributed by atoms with Crippen LogP contribution in [0.5, 0.6) is 0 Å². The number of aliphatic imine (C=N–C) groups is 1. The maximum absolute atomic E-state index is 5.33. The highest BCUT2D eigenvalue weighted by Gasteiger charge is 2.06. The van der Waals surface area contributed by atoms with E-state index in [-0.39, 0.29) is 0 Å². The van der Waals surface area contributed by atoms with Gasteiger partial charge in [-0.1, -0.05) is 6.92 Å². The minimum Gasteiger partial charge on any atom is -0.382 e. The van der Waals surface area contributed by atoms with E-state index in [1.54, 1.807) is 0 Å². The van der Waals surface area contributed by atoms with Gasteiger partial charge < -0.3 is 20.3 Å².